The Bertz CT molecular complexity index is 1750. The quantitative estimate of drug-likeness (QED) is 0.0540. The van der Waals surface area contributed by atoms with E-state index in [9.17, 15) is 34.5 Å². The van der Waals surface area contributed by atoms with Gasteiger partial charge in [-0.25, -0.2) is 4.90 Å². The topological polar surface area (TPSA) is 386 Å². The monoisotopic (exact) mass is 1020 g/mol. The lowest BCUT2D eigenvalue weighted by molar-refractivity contribution is -0.175. The molecule has 0 saturated carbocycles. The van der Waals surface area contributed by atoms with Gasteiger partial charge in [0.2, 0.25) is 11.8 Å². The number of nitrogens with two attached hydrogens (primary N) is 4. The summed E-state index contributed by atoms with van der Waals surface area (Å²) >= 11 is 15.8. The van der Waals surface area contributed by atoms with Gasteiger partial charge >= 0.3 is 20.2 Å². The summed E-state index contributed by atoms with van der Waals surface area (Å²) < 4.78 is 52.3. The zero-order valence-electron chi connectivity index (χ0n) is 34.4. The van der Waals surface area contributed by atoms with E-state index in [1.165, 1.54) is 12.0 Å². The highest BCUT2D eigenvalue weighted by molar-refractivity contribution is 8.07. The first-order valence-corrected chi connectivity index (χ1v) is 28.1. The molecule has 2 amide bonds. The number of hydrogen-bond donors (Lipinski definition) is 14. The van der Waals surface area contributed by atoms with Crippen LogP contribution in [-0.4, -0.2) is 173 Å². The number of aliphatic hydroxyl groups is 2. The van der Waals surface area contributed by atoms with Gasteiger partial charge in [0, 0.05) is 38.6 Å². The summed E-state index contributed by atoms with van der Waals surface area (Å²) in [7, 11) is 1.18. The molecule has 32 heteroatoms. The Morgan fingerprint density at radius 3 is 1.75 bits per heavy atom. The highest BCUT2D eigenvalue weighted by atomic mass is 32.5. The van der Waals surface area contributed by atoms with E-state index in [1.54, 1.807) is 0 Å². The number of nitrogens with one attached hydrogen (secondary N) is 5. The third-order valence-electron chi connectivity index (χ3n) is 11.5. The molecular formula is C31H61N10O16P3S3. The number of aliphatic hydroxyl groups excluding tert-OH is 2. The first kappa shape index (κ1) is 52.4. The molecule has 0 aromatic heterocycles. The second-order valence-corrected chi connectivity index (χ2v) is 24.8. The summed E-state index contributed by atoms with van der Waals surface area (Å²) in [6, 6.07) is -2.83. The van der Waals surface area contributed by atoms with E-state index in [2.05, 4.69) is 26.6 Å². The molecule has 0 aromatic rings. The summed E-state index contributed by atoms with van der Waals surface area (Å²) in [5.74, 6) is -0.891. The van der Waals surface area contributed by atoms with Crippen molar-refractivity contribution < 1.29 is 75.8 Å². The summed E-state index contributed by atoms with van der Waals surface area (Å²) in [6.07, 6.45) is -8.67. The molecule has 0 radical (unpaired) electrons. The lowest BCUT2D eigenvalue weighted by atomic mass is 9.98. The molecule has 0 aliphatic carbocycles. The van der Waals surface area contributed by atoms with E-state index in [0.29, 0.717) is 12.8 Å². The molecule has 364 valence electrons. The molecule has 63 heavy (non-hydrogen) atoms. The second kappa shape index (κ2) is 22.2. The number of piperidine rings is 2. The maximum absolute atomic E-state index is 12.4. The largest absolute Gasteiger partial charge is 0.378 e. The molecule has 26 nitrogen and oxygen atoms in total. The fourth-order valence-corrected chi connectivity index (χ4v) is 11.7. The Kier molecular flexibility index (Phi) is 18.4. The lowest BCUT2D eigenvalue weighted by Crippen LogP contribution is -2.65. The van der Waals surface area contributed by atoms with Gasteiger partial charge in [-0.2, -0.15) is 0 Å². The van der Waals surface area contributed by atoms with Crippen LogP contribution in [0.3, 0.4) is 0 Å². The normalized spacial score (nSPS) is 43.2. The fraction of sp³-hybridized carbons (Fsp3) is 0.935. The minimum absolute atomic E-state index is 0.0336. The molecule has 6 saturated heterocycles. The fourth-order valence-electron chi connectivity index (χ4n) is 8.16. The van der Waals surface area contributed by atoms with E-state index >= 15 is 0 Å². The number of carbonyl (C=O) groups is 2. The zero-order valence-corrected chi connectivity index (χ0v) is 39.6. The molecule has 6 fully saturated rings. The van der Waals surface area contributed by atoms with Gasteiger partial charge in [-0.05, 0) is 67.0 Å². The van der Waals surface area contributed by atoms with Crippen LogP contribution in [0.15, 0.2) is 0 Å². The molecule has 0 spiro atoms. The van der Waals surface area contributed by atoms with Crippen molar-refractivity contribution in [1.82, 2.24) is 31.5 Å². The Morgan fingerprint density at radius 2 is 1.21 bits per heavy atom. The third kappa shape index (κ3) is 14.5. The summed E-state index contributed by atoms with van der Waals surface area (Å²) in [6.45, 7) is -10.7. The number of amides is 2. The summed E-state index contributed by atoms with van der Waals surface area (Å²) in [4.78, 5) is 59.2. The van der Waals surface area contributed by atoms with Crippen LogP contribution in [0.4, 0.5) is 0 Å². The molecule has 20 atom stereocenters. The van der Waals surface area contributed by atoms with E-state index in [1.807, 2.05) is 6.92 Å². The number of rotatable bonds is 19. The summed E-state index contributed by atoms with van der Waals surface area (Å²) in [5, 5.41) is 34.8. The van der Waals surface area contributed by atoms with Crippen molar-refractivity contribution in [3.8, 4) is 0 Å². The first-order valence-electron chi connectivity index (χ1n) is 20.3. The van der Waals surface area contributed by atoms with Crippen LogP contribution >= 0.6 is 20.2 Å². The Hall–Kier alpha value is 0.01000. The Morgan fingerprint density at radius 1 is 0.730 bits per heavy atom. The highest BCUT2D eigenvalue weighted by Crippen LogP contribution is 2.52. The predicted octanol–water partition coefficient (Wildman–Crippen LogP) is -4.85. The van der Waals surface area contributed by atoms with Crippen molar-refractivity contribution in [1.29, 1.82) is 0 Å². The van der Waals surface area contributed by atoms with Gasteiger partial charge < -0.3 is 99.8 Å². The van der Waals surface area contributed by atoms with Crippen molar-refractivity contribution in [3.05, 3.63) is 0 Å². The van der Waals surface area contributed by atoms with Crippen molar-refractivity contribution >= 4 is 67.4 Å². The first-order chi connectivity index (χ1) is 29.5. The average Bonchev–Trinajstić information content (AvgIpc) is 3.88. The van der Waals surface area contributed by atoms with E-state index in [0.717, 1.165) is 0 Å². The van der Waals surface area contributed by atoms with Crippen LogP contribution in [0.5, 0.6) is 0 Å². The van der Waals surface area contributed by atoms with Crippen molar-refractivity contribution in [2.45, 2.75) is 144 Å². The number of nitrogens with zero attached hydrogens (tertiary/aromatic N) is 1. The van der Waals surface area contributed by atoms with E-state index in [4.69, 9.17) is 99.7 Å². The van der Waals surface area contributed by atoms with E-state index < -0.39 is 131 Å². The van der Waals surface area contributed by atoms with Crippen LogP contribution in [0.25, 0.3) is 0 Å². The second-order valence-electron chi connectivity index (χ2n) is 16.3. The van der Waals surface area contributed by atoms with Gasteiger partial charge in [0.15, 0.2) is 6.35 Å². The van der Waals surface area contributed by atoms with Gasteiger partial charge in [0.05, 0.1) is 62.5 Å². The molecular weight excluding hydrogens is 958 g/mol. The molecule has 0 bridgehead atoms. The average molecular weight is 1020 g/mol. The van der Waals surface area contributed by atoms with Crippen LogP contribution < -0.4 is 49.5 Å². The SMILES string of the molecule is COP(O)(=S)OC[C@H]1O[C@@H](N2CCC(O)NC2O)C[C@H]1OP(O)(=S)OC[C@H]1O[C@@H](NC2CC(N)NC(=O)C2N)C[C@H]1OP(O)(=S)OC[C@H]1O[C@@H](NC2CC(N)NC(=O)C2N)C[C@H]1C. The Balaban J connectivity index is 1.09. The molecule has 6 rings (SSSR count). The molecule has 6 aliphatic heterocycles. The van der Waals surface area contributed by atoms with Crippen LogP contribution in [0, 0.1) is 5.92 Å². The lowest BCUT2D eigenvalue weighted by Gasteiger charge is -2.38. The van der Waals surface area contributed by atoms with Gasteiger partial charge in [-0.3, -0.25) is 25.5 Å². The molecule has 11 unspecified atom stereocenters. The van der Waals surface area contributed by atoms with E-state index in [-0.39, 0.29) is 57.3 Å². The van der Waals surface area contributed by atoms with Crippen LogP contribution in [0.2, 0.25) is 0 Å². The highest BCUT2D eigenvalue weighted by Gasteiger charge is 2.47. The standard InChI is InChI=1S/C31H61N10O16P3S3/c1-13-5-24(36-14-6-21(32)38-29(43)27(14)34)53-18(13)10-51-59(47,62)56-16-8-25(37-15-7-22(33)39-30(44)28(15)35)54-19(16)11-52-60(48,63)57-17-9-26(41-4-3-23(42)40-31(41)45)55-20(17)12-50-58(46,61)49-2/h13-28,31,36-37,40,42,45H,3-12,32-35H2,1-2H3,(H,38,43)(H,39,44)(H,46,61)(H,47,62)(H,48,63)/t13-,14?,15?,16-,17-,18-,19-,20-,21?,22?,23?,24-,25-,26-,27?,28?,31?,58?,59?,60?/m1/s1. The van der Waals surface area contributed by atoms with Gasteiger partial charge in [0.1, 0.15) is 37.1 Å². The number of hydrogen-bond acceptors (Lipinski definition) is 24. The molecule has 6 heterocycles. The van der Waals surface area contributed by atoms with Crippen molar-refractivity contribution in [3.63, 3.8) is 0 Å². The third-order valence-corrected chi connectivity index (χ3v) is 16.4. The Labute approximate surface area is 379 Å². The number of carbonyl (C=O) groups excluding carboxylic acids is 2. The summed E-state index contributed by atoms with van der Waals surface area (Å²) in [5.41, 5.74) is 24.2. The maximum atomic E-state index is 12.4. The van der Waals surface area contributed by atoms with Crippen molar-refractivity contribution in [2.24, 2.45) is 28.9 Å². The van der Waals surface area contributed by atoms with Crippen LogP contribution in [0.1, 0.15) is 45.4 Å². The molecule has 18 N–H and O–H groups in total. The molecule has 0 aromatic carbocycles. The maximum Gasteiger partial charge on any atom is 0.324 e. The predicted molar refractivity (Wildman–Crippen MR) is 231 cm³/mol. The minimum atomic E-state index is -4.18. The minimum Gasteiger partial charge on any atom is -0.378 e. The van der Waals surface area contributed by atoms with Crippen LogP contribution in [-0.2, 0) is 86.4 Å². The van der Waals surface area contributed by atoms with Gasteiger partial charge in [0.25, 0.3) is 0 Å². The zero-order chi connectivity index (χ0) is 46.0. The number of ether oxygens (including phenoxy) is 3. The van der Waals surface area contributed by atoms with Crippen molar-refractivity contribution in [2.75, 3.05) is 33.5 Å². The van der Waals surface area contributed by atoms with Gasteiger partial charge in [-0.1, -0.05) is 6.92 Å². The molecule has 6 aliphatic rings. The smallest absolute Gasteiger partial charge is 0.324 e. The van der Waals surface area contributed by atoms with Gasteiger partial charge in [-0.15, -0.1) is 0 Å².